The van der Waals surface area contributed by atoms with Crippen LogP contribution in [-0.4, -0.2) is 55.8 Å². The first-order valence-electron chi connectivity index (χ1n) is 8.55. The number of hydrogen-bond acceptors (Lipinski definition) is 6. The fourth-order valence-electron chi connectivity index (χ4n) is 3.17. The van der Waals surface area contributed by atoms with Crippen molar-refractivity contribution in [2.75, 3.05) is 39.7 Å². The Labute approximate surface area is 148 Å². The molecule has 0 radical (unpaired) electrons. The standard InChI is InChI=1S/C18H26N2O3S/c1-21-16-8-3-6-14(17(16)22-2)12-20(13-15-7-4-10-23-15)18-19-9-5-11-24-18/h3,6,8,15H,4-5,7,9-13H2,1-2H3. The lowest BCUT2D eigenvalue weighted by Crippen LogP contribution is -2.36. The molecule has 6 heteroatoms. The van der Waals surface area contributed by atoms with Crippen molar-refractivity contribution in [2.45, 2.75) is 31.9 Å². The first-order chi connectivity index (χ1) is 11.8. The predicted molar refractivity (Wildman–Crippen MR) is 98.3 cm³/mol. The summed E-state index contributed by atoms with van der Waals surface area (Å²) in [5.41, 5.74) is 1.11. The second-order valence-electron chi connectivity index (χ2n) is 6.03. The molecular weight excluding hydrogens is 324 g/mol. The quantitative estimate of drug-likeness (QED) is 0.788. The maximum Gasteiger partial charge on any atom is 0.165 e. The summed E-state index contributed by atoms with van der Waals surface area (Å²) in [6, 6.07) is 6.04. The number of rotatable bonds is 6. The number of aliphatic imine (C=N–C) groups is 1. The van der Waals surface area contributed by atoms with E-state index in [9.17, 15) is 0 Å². The fraction of sp³-hybridized carbons (Fsp3) is 0.611. The van der Waals surface area contributed by atoms with Crippen LogP contribution in [-0.2, 0) is 11.3 Å². The zero-order chi connectivity index (χ0) is 16.8. The van der Waals surface area contributed by atoms with Crippen LogP contribution >= 0.6 is 11.8 Å². The van der Waals surface area contributed by atoms with Crippen molar-refractivity contribution in [3.05, 3.63) is 23.8 Å². The molecule has 5 nitrogen and oxygen atoms in total. The Balaban J connectivity index is 1.81. The summed E-state index contributed by atoms with van der Waals surface area (Å²) in [4.78, 5) is 7.09. The number of amidine groups is 1. The number of para-hydroxylation sites is 1. The van der Waals surface area contributed by atoms with Crippen molar-refractivity contribution >= 4 is 16.9 Å². The summed E-state index contributed by atoms with van der Waals surface area (Å²) in [7, 11) is 3.37. The average Bonchev–Trinajstić information content (AvgIpc) is 3.14. The first-order valence-corrected chi connectivity index (χ1v) is 9.54. The van der Waals surface area contributed by atoms with E-state index in [-0.39, 0.29) is 0 Å². The highest BCUT2D eigenvalue weighted by Gasteiger charge is 2.24. The molecule has 0 amide bonds. The van der Waals surface area contributed by atoms with E-state index < -0.39 is 0 Å². The van der Waals surface area contributed by atoms with Crippen LogP contribution in [0, 0.1) is 0 Å². The highest BCUT2D eigenvalue weighted by Crippen LogP contribution is 2.32. The van der Waals surface area contributed by atoms with Crippen LogP contribution < -0.4 is 9.47 Å². The lowest BCUT2D eigenvalue weighted by Gasteiger charge is -2.30. The molecule has 0 aliphatic carbocycles. The summed E-state index contributed by atoms with van der Waals surface area (Å²) >= 11 is 1.85. The van der Waals surface area contributed by atoms with Crippen LogP contribution in [0.3, 0.4) is 0 Å². The van der Waals surface area contributed by atoms with E-state index in [0.29, 0.717) is 6.10 Å². The monoisotopic (exact) mass is 350 g/mol. The molecule has 2 heterocycles. The highest BCUT2D eigenvalue weighted by atomic mass is 32.2. The van der Waals surface area contributed by atoms with E-state index in [1.165, 1.54) is 0 Å². The SMILES string of the molecule is COc1cccc(CN(CC2CCCO2)C2=NCCCS2)c1OC. The molecule has 0 N–H and O–H groups in total. The van der Waals surface area contributed by atoms with E-state index in [2.05, 4.69) is 11.0 Å². The van der Waals surface area contributed by atoms with Crippen molar-refractivity contribution in [2.24, 2.45) is 4.99 Å². The summed E-state index contributed by atoms with van der Waals surface area (Å²) in [6.45, 7) is 3.43. The van der Waals surface area contributed by atoms with Crippen LogP contribution in [0.25, 0.3) is 0 Å². The molecular formula is C18H26N2O3S. The van der Waals surface area contributed by atoms with Gasteiger partial charge >= 0.3 is 0 Å². The van der Waals surface area contributed by atoms with E-state index >= 15 is 0 Å². The lowest BCUT2D eigenvalue weighted by atomic mass is 10.1. The number of benzene rings is 1. The van der Waals surface area contributed by atoms with Crippen molar-refractivity contribution in [1.29, 1.82) is 0 Å². The highest BCUT2D eigenvalue weighted by molar-refractivity contribution is 8.13. The zero-order valence-corrected chi connectivity index (χ0v) is 15.3. The van der Waals surface area contributed by atoms with Crippen molar-refractivity contribution in [3.8, 4) is 11.5 Å². The van der Waals surface area contributed by atoms with Crippen LogP contribution in [0.5, 0.6) is 11.5 Å². The molecule has 1 unspecified atom stereocenters. The maximum atomic E-state index is 5.85. The van der Waals surface area contributed by atoms with E-state index in [4.69, 9.17) is 19.2 Å². The molecule has 1 aromatic carbocycles. The molecule has 2 aliphatic heterocycles. The van der Waals surface area contributed by atoms with Gasteiger partial charge in [0.25, 0.3) is 0 Å². The van der Waals surface area contributed by atoms with Gasteiger partial charge in [-0.1, -0.05) is 23.9 Å². The van der Waals surface area contributed by atoms with Crippen molar-refractivity contribution in [1.82, 2.24) is 4.90 Å². The molecule has 0 bridgehead atoms. The van der Waals surface area contributed by atoms with Gasteiger partial charge in [-0.2, -0.15) is 0 Å². The van der Waals surface area contributed by atoms with Gasteiger partial charge in [-0.05, 0) is 25.3 Å². The Bertz CT molecular complexity index is 573. The second kappa shape index (κ2) is 8.62. The van der Waals surface area contributed by atoms with E-state index in [1.54, 1.807) is 14.2 Å². The molecule has 1 atom stereocenters. The predicted octanol–water partition coefficient (Wildman–Crippen LogP) is 3.18. The van der Waals surface area contributed by atoms with Gasteiger partial charge in [-0.3, -0.25) is 4.99 Å². The minimum atomic E-state index is 0.298. The first kappa shape index (κ1) is 17.4. The number of methoxy groups -OCH3 is 2. The molecule has 1 aromatic rings. The summed E-state index contributed by atoms with van der Waals surface area (Å²) < 4.78 is 16.9. The van der Waals surface area contributed by atoms with Gasteiger partial charge in [-0.25, -0.2) is 0 Å². The molecule has 132 valence electrons. The Morgan fingerprint density at radius 1 is 1.29 bits per heavy atom. The van der Waals surface area contributed by atoms with Gasteiger partial charge in [0.05, 0.1) is 20.3 Å². The Hall–Kier alpha value is -1.40. The van der Waals surface area contributed by atoms with E-state index in [0.717, 1.165) is 73.5 Å². The third-order valence-corrected chi connectivity index (χ3v) is 5.48. The second-order valence-corrected chi connectivity index (χ2v) is 7.10. The zero-order valence-electron chi connectivity index (χ0n) is 14.5. The third kappa shape index (κ3) is 4.16. The maximum absolute atomic E-state index is 5.85. The minimum absolute atomic E-state index is 0.298. The topological polar surface area (TPSA) is 43.3 Å². The van der Waals surface area contributed by atoms with Gasteiger partial charge in [0.15, 0.2) is 16.7 Å². The largest absolute Gasteiger partial charge is 0.493 e. The van der Waals surface area contributed by atoms with Gasteiger partial charge in [0.2, 0.25) is 0 Å². The lowest BCUT2D eigenvalue weighted by molar-refractivity contribution is 0.0904. The van der Waals surface area contributed by atoms with Gasteiger partial charge < -0.3 is 19.1 Å². The Kier molecular flexibility index (Phi) is 6.26. The van der Waals surface area contributed by atoms with Crippen LogP contribution in [0.2, 0.25) is 0 Å². The number of nitrogens with zero attached hydrogens (tertiary/aromatic N) is 2. The molecule has 1 fully saturated rings. The third-order valence-electron chi connectivity index (χ3n) is 4.34. The Morgan fingerprint density at radius 3 is 2.88 bits per heavy atom. The number of hydrogen-bond donors (Lipinski definition) is 0. The number of ether oxygens (including phenoxy) is 3. The van der Waals surface area contributed by atoms with Crippen molar-refractivity contribution in [3.63, 3.8) is 0 Å². The van der Waals surface area contributed by atoms with E-state index in [1.807, 2.05) is 23.9 Å². The smallest absolute Gasteiger partial charge is 0.165 e. The molecule has 1 saturated heterocycles. The molecule has 24 heavy (non-hydrogen) atoms. The summed E-state index contributed by atoms with van der Waals surface area (Å²) in [5, 5.41) is 1.13. The van der Waals surface area contributed by atoms with Crippen molar-refractivity contribution < 1.29 is 14.2 Å². The normalized spacial score (nSPS) is 20.6. The fourth-order valence-corrected chi connectivity index (χ4v) is 4.13. The average molecular weight is 350 g/mol. The van der Waals surface area contributed by atoms with Crippen LogP contribution in [0.1, 0.15) is 24.8 Å². The van der Waals surface area contributed by atoms with Gasteiger partial charge in [-0.15, -0.1) is 0 Å². The molecule has 3 rings (SSSR count). The molecule has 0 spiro atoms. The summed E-state index contributed by atoms with van der Waals surface area (Å²) in [6.07, 6.45) is 3.74. The number of thioether (sulfide) groups is 1. The molecule has 0 saturated carbocycles. The Morgan fingerprint density at radius 2 is 2.21 bits per heavy atom. The molecule has 0 aromatic heterocycles. The van der Waals surface area contributed by atoms with Gasteiger partial charge in [0, 0.05) is 37.6 Å². The van der Waals surface area contributed by atoms with Crippen LogP contribution in [0.4, 0.5) is 0 Å². The minimum Gasteiger partial charge on any atom is -0.493 e. The van der Waals surface area contributed by atoms with Crippen LogP contribution in [0.15, 0.2) is 23.2 Å². The summed E-state index contributed by atoms with van der Waals surface area (Å²) in [5.74, 6) is 2.71. The van der Waals surface area contributed by atoms with Gasteiger partial charge in [0.1, 0.15) is 0 Å². The molecule has 2 aliphatic rings.